The summed E-state index contributed by atoms with van der Waals surface area (Å²) < 4.78 is 21.7. The van der Waals surface area contributed by atoms with Gasteiger partial charge in [0.25, 0.3) is 0 Å². The molecule has 0 aromatic rings. The minimum atomic E-state index is -3.16. The average Bonchev–Trinajstić information content (AvgIpc) is 2.03. The van der Waals surface area contributed by atoms with Gasteiger partial charge >= 0.3 is 0 Å². The molecule has 0 N–H and O–H groups in total. The van der Waals surface area contributed by atoms with Gasteiger partial charge in [-0.25, -0.2) is 8.42 Å². The summed E-state index contributed by atoms with van der Waals surface area (Å²) in [5.41, 5.74) is 0. The maximum Gasteiger partial charge on any atom is 0.237 e. The fraction of sp³-hybridized carbons (Fsp3) is 0.875. The molecule has 0 saturated carbocycles. The van der Waals surface area contributed by atoms with Gasteiger partial charge in [0.15, 0.2) is 9.84 Å². The Hall–Kier alpha value is -0.580. The van der Waals surface area contributed by atoms with Gasteiger partial charge in [-0.1, -0.05) is 0 Å². The third kappa shape index (κ3) is 3.76. The minimum Gasteiger partial charge on any atom is -0.342 e. The number of rotatable bonds is 2. The fourth-order valence-electron chi connectivity index (χ4n) is 1.46. The summed E-state index contributed by atoms with van der Waals surface area (Å²) in [5.74, 6) is -0.588. The van der Waals surface area contributed by atoms with Crippen molar-refractivity contribution >= 4 is 15.7 Å². The Morgan fingerprint density at radius 2 is 1.77 bits per heavy atom. The van der Waals surface area contributed by atoms with Gasteiger partial charge in [-0.3, -0.25) is 4.79 Å². The lowest BCUT2D eigenvalue weighted by Gasteiger charge is -2.26. The number of piperidine rings is 1. The molecule has 0 radical (unpaired) electrons. The van der Waals surface area contributed by atoms with E-state index in [-0.39, 0.29) is 11.7 Å². The van der Waals surface area contributed by atoms with Gasteiger partial charge in [-0.2, -0.15) is 0 Å². The van der Waals surface area contributed by atoms with Crippen LogP contribution in [0.1, 0.15) is 19.3 Å². The van der Waals surface area contributed by atoms with Gasteiger partial charge in [0.1, 0.15) is 5.75 Å². The van der Waals surface area contributed by atoms with Crippen LogP contribution in [0.4, 0.5) is 0 Å². The van der Waals surface area contributed by atoms with Crippen LogP contribution in [-0.4, -0.2) is 44.3 Å². The minimum absolute atomic E-state index is 0.248. The number of likely N-dealkylation sites (tertiary alicyclic amines) is 1. The summed E-state index contributed by atoms with van der Waals surface area (Å²) in [6.45, 7) is 1.43. The van der Waals surface area contributed by atoms with Crippen molar-refractivity contribution < 1.29 is 13.2 Å². The molecular weight excluding hydrogens is 190 g/mol. The first-order valence-corrected chi connectivity index (χ1v) is 6.50. The van der Waals surface area contributed by atoms with Crippen LogP contribution in [0.3, 0.4) is 0 Å². The molecule has 0 unspecified atom stereocenters. The molecule has 13 heavy (non-hydrogen) atoms. The molecule has 1 amide bonds. The second-order valence-electron chi connectivity index (χ2n) is 3.51. The zero-order valence-electron chi connectivity index (χ0n) is 7.82. The Balaban J connectivity index is 2.47. The van der Waals surface area contributed by atoms with E-state index in [1.54, 1.807) is 4.90 Å². The molecular formula is C8H15NO3S. The van der Waals surface area contributed by atoms with Crippen LogP contribution >= 0.6 is 0 Å². The van der Waals surface area contributed by atoms with Gasteiger partial charge in [0.05, 0.1) is 0 Å². The summed E-state index contributed by atoms with van der Waals surface area (Å²) in [5, 5.41) is 0. The molecule has 1 heterocycles. The van der Waals surface area contributed by atoms with E-state index in [0.29, 0.717) is 13.1 Å². The molecule has 1 aliphatic rings. The number of carbonyl (C=O) groups excluding carboxylic acids is 1. The molecule has 76 valence electrons. The predicted octanol–water partition coefficient (Wildman–Crippen LogP) is 0.0435. The number of amides is 1. The highest BCUT2D eigenvalue weighted by atomic mass is 32.2. The largest absolute Gasteiger partial charge is 0.342 e. The van der Waals surface area contributed by atoms with Crippen molar-refractivity contribution in [3.63, 3.8) is 0 Å². The molecule has 0 aromatic heterocycles. The first-order valence-electron chi connectivity index (χ1n) is 4.44. The SMILES string of the molecule is CS(=O)(=O)CC(=O)N1CCCCC1. The van der Waals surface area contributed by atoms with E-state index in [4.69, 9.17) is 0 Å². The quantitative estimate of drug-likeness (QED) is 0.639. The van der Waals surface area contributed by atoms with Crippen LogP contribution in [0.25, 0.3) is 0 Å². The summed E-state index contributed by atoms with van der Waals surface area (Å²) in [4.78, 5) is 13.0. The third-order valence-corrected chi connectivity index (χ3v) is 2.87. The summed E-state index contributed by atoms with van der Waals surface area (Å²) >= 11 is 0. The highest BCUT2D eigenvalue weighted by Gasteiger charge is 2.19. The topological polar surface area (TPSA) is 54.5 Å². The highest BCUT2D eigenvalue weighted by molar-refractivity contribution is 7.91. The van der Waals surface area contributed by atoms with Crippen LogP contribution in [0, 0.1) is 0 Å². The van der Waals surface area contributed by atoms with Crippen LogP contribution in [0.5, 0.6) is 0 Å². The zero-order valence-corrected chi connectivity index (χ0v) is 8.64. The standard InChI is InChI=1S/C8H15NO3S/c1-13(11,12)7-8(10)9-5-3-2-4-6-9/h2-7H2,1H3. The molecule has 0 aromatic carbocycles. The number of sulfone groups is 1. The first kappa shape index (κ1) is 10.5. The first-order chi connectivity index (χ1) is 5.99. The normalized spacial score (nSPS) is 18.7. The number of hydrogen-bond acceptors (Lipinski definition) is 3. The van der Waals surface area contributed by atoms with Crippen LogP contribution < -0.4 is 0 Å². The molecule has 1 rings (SSSR count). The van der Waals surface area contributed by atoms with Crippen LogP contribution in [0.15, 0.2) is 0 Å². The molecule has 0 spiro atoms. The maximum absolute atomic E-state index is 11.4. The Kier molecular flexibility index (Phi) is 3.30. The van der Waals surface area contributed by atoms with E-state index < -0.39 is 9.84 Å². The number of nitrogens with zero attached hydrogens (tertiary/aromatic N) is 1. The molecule has 1 saturated heterocycles. The monoisotopic (exact) mass is 205 g/mol. The lowest BCUT2D eigenvalue weighted by molar-refractivity contribution is -0.129. The average molecular weight is 205 g/mol. The van der Waals surface area contributed by atoms with E-state index in [0.717, 1.165) is 25.5 Å². The molecule has 1 fully saturated rings. The maximum atomic E-state index is 11.4. The summed E-state index contributed by atoms with van der Waals surface area (Å²) in [6, 6.07) is 0. The van der Waals surface area contributed by atoms with E-state index in [2.05, 4.69) is 0 Å². The van der Waals surface area contributed by atoms with E-state index in [1.165, 1.54) is 0 Å². The van der Waals surface area contributed by atoms with Crippen molar-refractivity contribution in [3.05, 3.63) is 0 Å². The van der Waals surface area contributed by atoms with Gasteiger partial charge in [-0.05, 0) is 19.3 Å². The number of hydrogen-bond donors (Lipinski definition) is 0. The van der Waals surface area contributed by atoms with Crippen molar-refractivity contribution in [2.45, 2.75) is 19.3 Å². The molecule has 0 bridgehead atoms. The lowest BCUT2D eigenvalue weighted by atomic mass is 10.1. The highest BCUT2D eigenvalue weighted by Crippen LogP contribution is 2.08. The molecule has 5 heteroatoms. The van der Waals surface area contributed by atoms with E-state index >= 15 is 0 Å². The van der Waals surface area contributed by atoms with E-state index in [1.807, 2.05) is 0 Å². The Morgan fingerprint density at radius 1 is 1.23 bits per heavy atom. The van der Waals surface area contributed by atoms with Crippen LogP contribution in [-0.2, 0) is 14.6 Å². The predicted molar refractivity (Wildman–Crippen MR) is 50.1 cm³/mol. The van der Waals surface area contributed by atoms with Crippen molar-refractivity contribution in [2.75, 3.05) is 25.1 Å². The van der Waals surface area contributed by atoms with Gasteiger partial charge < -0.3 is 4.90 Å². The van der Waals surface area contributed by atoms with Gasteiger partial charge in [0.2, 0.25) is 5.91 Å². The van der Waals surface area contributed by atoms with E-state index in [9.17, 15) is 13.2 Å². The molecule has 4 nitrogen and oxygen atoms in total. The summed E-state index contributed by atoms with van der Waals surface area (Å²) in [7, 11) is -3.16. The second-order valence-corrected chi connectivity index (χ2v) is 5.65. The molecule has 0 aliphatic carbocycles. The Labute approximate surface area is 78.8 Å². The van der Waals surface area contributed by atoms with Crippen molar-refractivity contribution in [1.29, 1.82) is 0 Å². The fourth-order valence-corrected chi connectivity index (χ4v) is 2.09. The second kappa shape index (κ2) is 4.09. The van der Waals surface area contributed by atoms with Crippen molar-refractivity contribution in [2.24, 2.45) is 0 Å². The third-order valence-electron chi connectivity index (χ3n) is 2.09. The molecule has 1 aliphatic heterocycles. The van der Waals surface area contributed by atoms with Gasteiger partial charge in [0, 0.05) is 19.3 Å². The Bertz CT molecular complexity index is 278. The van der Waals surface area contributed by atoms with Crippen molar-refractivity contribution in [1.82, 2.24) is 4.90 Å². The zero-order chi connectivity index (χ0) is 9.90. The lowest BCUT2D eigenvalue weighted by Crippen LogP contribution is -2.39. The Morgan fingerprint density at radius 3 is 2.23 bits per heavy atom. The smallest absolute Gasteiger partial charge is 0.237 e. The van der Waals surface area contributed by atoms with Crippen molar-refractivity contribution in [3.8, 4) is 0 Å². The van der Waals surface area contributed by atoms with Crippen LogP contribution in [0.2, 0.25) is 0 Å². The summed E-state index contributed by atoms with van der Waals surface area (Å²) in [6.07, 6.45) is 4.22. The molecule has 0 atom stereocenters. The van der Waals surface area contributed by atoms with Gasteiger partial charge in [-0.15, -0.1) is 0 Å². The number of carbonyl (C=O) groups is 1.